The van der Waals surface area contributed by atoms with E-state index in [0.717, 1.165) is 0 Å². The Kier molecular flexibility index (Phi) is 7.83. The number of rotatable bonds is 7. The summed E-state index contributed by atoms with van der Waals surface area (Å²) in [7, 11) is 0. The summed E-state index contributed by atoms with van der Waals surface area (Å²) in [6.07, 6.45) is 0.818. The highest BCUT2D eigenvalue weighted by Gasteiger charge is 2.03. The van der Waals surface area contributed by atoms with Gasteiger partial charge in [0.2, 0.25) is 11.8 Å². The molecule has 0 saturated carbocycles. The lowest BCUT2D eigenvalue weighted by atomic mass is 10.3. The van der Waals surface area contributed by atoms with Crippen LogP contribution < -0.4 is 10.6 Å². The molecule has 0 aromatic carbocycles. The van der Waals surface area contributed by atoms with Crippen LogP contribution in [0.3, 0.4) is 0 Å². The number of nitrogens with one attached hydrogen (secondary N) is 2. The molecule has 0 aliphatic carbocycles. The number of carbonyl (C=O) groups excluding carboxylic acids is 3. The van der Waals surface area contributed by atoms with Crippen LogP contribution in [-0.2, 0) is 19.1 Å². The molecule has 0 aliphatic heterocycles. The number of carbonyl (C=O) groups is 3. The van der Waals surface area contributed by atoms with Gasteiger partial charge >= 0.3 is 5.97 Å². The molecule has 0 aromatic heterocycles. The molecule has 92 valence electrons. The van der Waals surface area contributed by atoms with Crippen LogP contribution in [0.15, 0.2) is 0 Å². The lowest BCUT2D eigenvalue weighted by molar-refractivity contribution is -0.143. The van der Waals surface area contributed by atoms with Crippen LogP contribution in [0.1, 0.15) is 26.7 Å². The third-order valence-electron chi connectivity index (χ3n) is 1.68. The van der Waals surface area contributed by atoms with E-state index >= 15 is 0 Å². The van der Waals surface area contributed by atoms with Crippen LogP contribution in [0.5, 0.6) is 0 Å². The maximum Gasteiger partial charge on any atom is 0.305 e. The first kappa shape index (κ1) is 14.4. The molecule has 0 rings (SSSR count). The molecule has 0 atom stereocenters. The molecular weight excluding hydrogens is 212 g/mol. The van der Waals surface area contributed by atoms with E-state index in [1.54, 1.807) is 6.92 Å². The predicted octanol–water partition coefficient (Wildman–Crippen LogP) is -0.418. The Labute approximate surface area is 94.7 Å². The molecule has 0 aliphatic rings. The fourth-order valence-corrected chi connectivity index (χ4v) is 0.961. The van der Waals surface area contributed by atoms with E-state index in [9.17, 15) is 14.4 Å². The molecule has 2 N–H and O–H groups in total. The Morgan fingerprint density at radius 3 is 2.44 bits per heavy atom. The lowest BCUT2D eigenvalue weighted by Crippen LogP contribution is -2.36. The third-order valence-corrected chi connectivity index (χ3v) is 1.68. The van der Waals surface area contributed by atoms with Gasteiger partial charge in [0.05, 0.1) is 13.2 Å². The van der Waals surface area contributed by atoms with Crippen molar-refractivity contribution in [1.29, 1.82) is 0 Å². The van der Waals surface area contributed by atoms with Crippen LogP contribution in [0.2, 0.25) is 0 Å². The number of hydrogen-bond donors (Lipinski definition) is 2. The fraction of sp³-hybridized carbons (Fsp3) is 0.700. The number of amides is 2. The van der Waals surface area contributed by atoms with Crippen LogP contribution >= 0.6 is 0 Å². The Bertz CT molecular complexity index is 253. The van der Waals surface area contributed by atoms with Crippen LogP contribution in [0.4, 0.5) is 0 Å². The predicted molar refractivity (Wildman–Crippen MR) is 57.6 cm³/mol. The molecule has 6 nitrogen and oxygen atoms in total. The Balaban J connectivity index is 3.40. The fourth-order valence-electron chi connectivity index (χ4n) is 0.961. The van der Waals surface area contributed by atoms with E-state index in [1.165, 1.54) is 6.92 Å². The average molecular weight is 230 g/mol. The summed E-state index contributed by atoms with van der Waals surface area (Å²) >= 11 is 0. The van der Waals surface area contributed by atoms with E-state index in [2.05, 4.69) is 10.6 Å². The van der Waals surface area contributed by atoms with Crippen LogP contribution in [-0.4, -0.2) is 37.5 Å². The van der Waals surface area contributed by atoms with Crippen LogP contribution in [0.25, 0.3) is 0 Å². The van der Waals surface area contributed by atoms with Gasteiger partial charge in [-0.2, -0.15) is 0 Å². The minimum Gasteiger partial charge on any atom is -0.466 e. The summed E-state index contributed by atoms with van der Waals surface area (Å²) < 4.78 is 4.72. The molecule has 0 fully saturated rings. The largest absolute Gasteiger partial charge is 0.466 e. The highest BCUT2D eigenvalue weighted by molar-refractivity contribution is 5.83. The molecular formula is C10H18N2O4. The Morgan fingerprint density at radius 1 is 1.19 bits per heavy atom. The summed E-state index contributed by atoms with van der Waals surface area (Å²) in [5.41, 5.74) is 0. The van der Waals surface area contributed by atoms with Crippen molar-refractivity contribution in [2.75, 3.05) is 19.7 Å². The van der Waals surface area contributed by atoms with Crippen molar-refractivity contribution >= 4 is 17.8 Å². The van der Waals surface area contributed by atoms with Gasteiger partial charge in [0, 0.05) is 19.9 Å². The minimum absolute atomic E-state index is 0.0330. The highest BCUT2D eigenvalue weighted by Crippen LogP contribution is 1.90. The zero-order valence-corrected chi connectivity index (χ0v) is 9.67. The number of hydrogen-bond acceptors (Lipinski definition) is 4. The number of ether oxygens (including phenoxy) is 1. The van der Waals surface area contributed by atoms with Crippen molar-refractivity contribution in [1.82, 2.24) is 10.6 Å². The second-order valence-corrected chi connectivity index (χ2v) is 3.17. The zero-order chi connectivity index (χ0) is 12.4. The standard InChI is InChI=1S/C10H18N2O4/c1-3-16-10(15)5-4-6-11-9(14)7-12-8(2)13/h3-7H2,1-2H3,(H,11,14)(H,12,13). The van der Waals surface area contributed by atoms with Gasteiger partial charge in [-0.3, -0.25) is 14.4 Å². The minimum atomic E-state index is -0.265. The molecule has 2 amide bonds. The summed E-state index contributed by atoms with van der Waals surface area (Å²) in [5, 5.41) is 4.95. The van der Waals surface area contributed by atoms with E-state index in [1.807, 2.05) is 0 Å². The maximum absolute atomic E-state index is 11.1. The Hall–Kier alpha value is -1.59. The summed E-state index contributed by atoms with van der Waals surface area (Å²) in [5.74, 6) is -0.778. The molecule has 0 radical (unpaired) electrons. The van der Waals surface area contributed by atoms with Gasteiger partial charge in [0.25, 0.3) is 0 Å². The van der Waals surface area contributed by atoms with Crippen molar-refractivity contribution in [2.45, 2.75) is 26.7 Å². The first-order chi connectivity index (χ1) is 7.56. The van der Waals surface area contributed by atoms with E-state index in [-0.39, 0.29) is 30.7 Å². The van der Waals surface area contributed by atoms with Gasteiger partial charge < -0.3 is 15.4 Å². The third kappa shape index (κ3) is 8.98. The van der Waals surface area contributed by atoms with E-state index in [0.29, 0.717) is 19.6 Å². The van der Waals surface area contributed by atoms with Gasteiger partial charge in [-0.05, 0) is 13.3 Å². The van der Waals surface area contributed by atoms with Gasteiger partial charge in [0.15, 0.2) is 0 Å². The van der Waals surface area contributed by atoms with Crippen molar-refractivity contribution in [3.05, 3.63) is 0 Å². The first-order valence-electron chi connectivity index (χ1n) is 5.23. The summed E-state index contributed by atoms with van der Waals surface area (Å²) in [6, 6.07) is 0. The topological polar surface area (TPSA) is 84.5 Å². The Morgan fingerprint density at radius 2 is 1.88 bits per heavy atom. The van der Waals surface area contributed by atoms with Crippen molar-refractivity contribution < 1.29 is 19.1 Å². The maximum atomic E-state index is 11.1. The second kappa shape index (κ2) is 8.70. The molecule has 0 aromatic rings. The molecule has 0 bridgehead atoms. The highest BCUT2D eigenvalue weighted by atomic mass is 16.5. The number of esters is 1. The van der Waals surface area contributed by atoms with Crippen molar-refractivity contribution in [3.8, 4) is 0 Å². The molecule has 6 heteroatoms. The van der Waals surface area contributed by atoms with E-state index < -0.39 is 0 Å². The summed E-state index contributed by atoms with van der Waals surface area (Å²) in [6.45, 7) is 3.82. The zero-order valence-electron chi connectivity index (χ0n) is 9.67. The van der Waals surface area contributed by atoms with Gasteiger partial charge in [-0.1, -0.05) is 0 Å². The quantitative estimate of drug-likeness (QED) is 0.459. The van der Waals surface area contributed by atoms with E-state index in [4.69, 9.17) is 4.74 Å². The van der Waals surface area contributed by atoms with Gasteiger partial charge in [-0.25, -0.2) is 0 Å². The monoisotopic (exact) mass is 230 g/mol. The van der Waals surface area contributed by atoms with Gasteiger partial charge in [-0.15, -0.1) is 0 Å². The smallest absolute Gasteiger partial charge is 0.305 e. The lowest BCUT2D eigenvalue weighted by Gasteiger charge is -2.05. The molecule has 16 heavy (non-hydrogen) atoms. The molecule has 0 heterocycles. The summed E-state index contributed by atoms with van der Waals surface area (Å²) in [4.78, 5) is 32.5. The van der Waals surface area contributed by atoms with Gasteiger partial charge in [0.1, 0.15) is 0 Å². The molecule has 0 saturated heterocycles. The van der Waals surface area contributed by atoms with Crippen molar-refractivity contribution in [2.24, 2.45) is 0 Å². The normalized spacial score (nSPS) is 9.38. The van der Waals surface area contributed by atoms with Crippen LogP contribution in [0, 0.1) is 0 Å². The first-order valence-corrected chi connectivity index (χ1v) is 5.23. The van der Waals surface area contributed by atoms with Crippen molar-refractivity contribution in [3.63, 3.8) is 0 Å². The average Bonchev–Trinajstić information content (AvgIpc) is 2.22. The molecule has 0 unspecified atom stereocenters. The SMILES string of the molecule is CCOC(=O)CCCNC(=O)CNC(C)=O. The second-order valence-electron chi connectivity index (χ2n) is 3.17. The molecule has 0 spiro atoms.